The normalized spacial score (nSPS) is 22.4. The highest BCUT2D eigenvalue weighted by molar-refractivity contribution is 7.91. The molecule has 0 spiro atoms. The minimum Gasteiger partial charge on any atom is -0.480 e. The van der Waals surface area contributed by atoms with Gasteiger partial charge in [-0.1, -0.05) is 13.8 Å². The number of sulfone groups is 1. The molecule has 2 N–H and O–H groups in total. The predicted molar refractivity (Wildman–Crippen MR) is 74.3 cm³/mol. The maximum Gasteiger partial charge on any atom is 0.329 e. The summed E-state index contributed by atoms with van der Waals surface area (Å²) in [7, 11) is -3.11. The summed E-state index contributed by atoms with van der Waals surface area (Å²) in [6.45, 7) is 5.14. The predicted octanol–water partition coefficient (Wildman–Crippen LogP) is 0.458. The Bertz CT molecular complexity index is 484. The van der Waals surface area contributed by atoms with Crippen molar-refractivity contribution in [3.8, 4) is 0 Å². The number of hydrogen-bond donors (Lipinski definition) is 2. The van der Waals surface area contributed by atoms with Crippen LogP contribution in [0.15, 0.2) is 0 Å². The van der Waals surface area contributed by atoms with Gasteiger partial charge >= 0.3 is 12.0 Å². The summed E-state index contributed by atoms with van der Waals surface area (Å²) >= 11 is 0. The molecule has 0 saturated carbocycles. The molecule has 8 heteroatoms. The van der Waals surface area contributed by atoms with Crippen molar-refractivity contribution < 1.29 is 23.1 Å². The molecule has 2 amide bonds. The van der Waals surface area contributed by atoms with E-state index < -0.39 is 33.4 Å². The molecule has 1 rings (SSSR count). The van der Waals surface area contributed by atoms with E-state index in [0.29, 0.717) is 0 Å². The first-order chi connectivity index (χ1) is 9.17. The van der Waals surface area contributed by atoms with Crippen molar-refractivity contribution in [3.63, 3.8) is 0 Å². The van der Waals surface area contributed by atoms with E-state index in [-0.39, 0.29) is 30.9 Å². The zero-order valence-corrected chi connectivity index (χ0v) is 12.9. The Kier molecular flexibility index (Phi) is 5.01. The van der Waals surface area contributed by atoms with Crippen molar-refractivity contribution in [1.82, 2.24) is 10.2 Å². The van der Waals surface area contributed by atoms with Crippen molar-refractivity contribution in [1.29, 1.82) is 0 Å². The molecule has 1 heterocycles. The van der Waals surface area contributed by atoms with Crippen LogP contribution in [0.25, 0.3) is 0 Å². The Morgan fingerprint density at radius 3 is 2.30 bits per heavy atom. The van der Waals surface area contributed by atoms with Crippen LogP contribution in [0.3, 0.4) is 0 Å². The van der Waals surface area contributed by atoms with Crippen molar-refractivity contribution >= 4 is 21.8 Å². The summed E-state index contributed by atoms with van der Waals surface area (Å²) in [4.78, 5) is 25.0. The third-order valence-electron chi connectivity index (χ3n) is 3.89. The minimum absolute atomic E-state index is 0.0803. The zero-order chi connectivity index (χ0) is 15.6. The second-order valence-corrected chi connectivity index (χ2v) is 7.41. The molecule has 0 aromatic heterocycles. The SMILES string of the molecule is CCC(CC)(NC(=O)N1CCS(=O)(=O)CC1C)C(=O)O. The summed E-state index contributed by atoms with van der Waals surface area (Å²) in [5.41, 5.74) is -1.30. The lowest BCUT2D eigenvalue weighted by Crippen LogP contribution is -2.61. The number of carboxylic acid groups (broad SMARTS) is 1. The lowest BCUT2D eigenvalue weighted by atomic mass is 9.93. The summed E-state index contributed by atoms with van der Waals surface area (Å²) in [6, 6.07) is -0.965. The highest BCUT2D eigenvalue weighted by Gasteiger charge is 2.39. The molecule has 0 aromatic carbocycles. The van der Waals surface area contributed by atoms with E-state index in [4.69, 9.17) is 0 Å². The van der Waals surface area contributed by atoms with E-state index in [9.17, 15) is 23.1 Å². The minimum atomic E-state index is -3.11. The largest absolute Gasteiger partial charge is 0.480 e. The monoisotopic (exact) mass is 306 g/mol. The van der Waals surface area contributed by atoms with Gasteiger partial charge in [0.15, 0.2) is 9.84 Å². The molecular formula is C12H22N2O5S. The van der Waals surface area contributed by atoms with Gasteiger partial charge in [0.2, 0.25) is 0 Å². The highest BCUT2D eigenvalue weighted by Crippen LogP contribution is 2.18. The quantitative estimate of drug-likeness (QED) is 0.785. The Morgan fingerprint density at radius 2 is 1.90 bits per heavy atom. The van der Waals surface area contributed by atoms with Gasteiger partial charge in [0.25, 0.3) is 0 Å². The standard InChI is InChI=1S/C12H22N2O5S/c1-4-12(5-2,10(15)16)13-11(17)14-6-7-20(18,19)8-9(14)3/h9H,4-8H2,1-3H3,(H,13,17)(H,15,16). The molecular weight excluding hydrogens is 284 g/mol. The fraction of sp³-hybridized carbons (Fsp3) is 0.833. The average Bonchev–Trinajstić information content (AvgIpc) is 2.34. The third-order valence-corrected chi connectivity index (χ3v) is 5.69. The van der Waals surface area contributed by atoms with Crippen LogP contribution < -0.4 is 5.32 Å². The Labute approximate surface area is 119 Å². The molecule has 0 bridgehead atoms. The number of urea groups is 1. The summed E-state index contributed by atoms with van der Waals surface area (Å²) in [5, 5.41) is 11.8. The second kappa shape index (κ2) is 5.99. The van der Waals surface area contributed by atoms with E-state index >= 15 is 0 Å². The molecule has 0 aliphatic carbocycles. The number of hydrogen-bond acceptors (Lipinski definition) is 4. The van der Waals surface area contributed by atoms with Crippen LogP contribution in [0.5, 0.6) is 0 Å². The van der Waals surface area contributed by atoms with Crippen LogP contribution in [-0.2, 0) is 14.6 Å². The van der Waals surface area contributed by atoms with E-state index in [1.54, 1.807) is 20.8 Å². The van der Waals surface area contributed by atoms with E-state index in [1.165, 1.54) is 4.90 Å². The van der Waals surface area contributed by atoms with Crippen LogP contribution in [0.4, 0.5) is 4.79 Å². The smallest absolute Gasteiger partial charge is 0.329 e. The first kappa shape index (κ1) is 16.7. The molecule has 116 valence electrons. The number of aliphatic carboxylic acids is 1. The fourth-order valence-corrected chi connectivity index (χ4v) is 3.92. The lowest BCUT2D eigenvalue weighted by Gasteiger charge is -2.37. The molecule has 20 heavy (non-hydrogen) atoms. The maximum atomic E-state index is 12.2. The van der Waals surface area contributed by atoms with Crippen LogP contribution in [0, 0.1) is 0 Å². The van der Waals surface area contributed by atoms with Gasteiger partial charge in [-0.15, -0.1) is 0 Å². The summed E-state index contributed by atoms with van der Waals surface area (Å²) in [5.74, 6) is -1.24. The van der Waals surface area contributed by atoms with Gasteiger partial charge < -0.3 is 15.3 Å². The van der Waals surface area contributed by atoms with Gasteiger partial charge in [-0.2, -0.15) is 0 Å². The Hall–Kier alpha value is -1.31. The van der Waals surface area contributed by atoms with Crippen LogP contribution in [-0.4, -0.2) is 60.1 Å². The van der Waals surface area contributed by atoms with Crippen LogP contribution in [0.2, 0.25) is 0 Å². The topological polar surface area (TPSA) is 104 Å². The van der Waals surface area contributed by atoms with Gasteiger partial charge in [-0.3, -0.25) is 0 Å². The highest BCUT2D eigenvalue weighted by atomic mass is 32.2. The van der Waals surface area contributed by atoms with Crippen molar-refractivity contribution in [2.45, 2.75) is 45.2 Å². The molecule has 1 saturated heterocycles. The van der Waals surface area contributed by atoms with E-state index in [0.717, 1.165) is 0 Å². The molecule has 1 atom stereocenters. The van der Waals surface area contributed by atoms with Crippen molar-refractivity contribution in [2.24, 2.45) is 0 Å². The first-order valence-corrected chi connectivity index (χ1v) is 8.52. The Morgan fingerprint density at radius 1 is 1.35 bits per heavy atom. The molecule has 1 fully saturated rings. The number of nitrogens with one attached hydrogen (secondary N) is 1. The second-order valence-electron chi connectivity index (χ2n) is 5.18. The number of carboxylic acids is 1. The Balaban J connectivity index is 2.83. The molecule has 0 radical (unpaired) electrons. The molecule has 0 aromatic rings. The molecule has 7 nitrogen and oxygen atoms in total. The third kappa shape index (κ3) is 3.41. The number of nitrogens with zero attached hydrogens (tertiary/aromatic N) is 1. The van der Waals surface area contributed by atoms with Crippen LogP contribution >= 0.6 is 0 Å². The maximum absolute atomic E-state index is 12.2. The number of carbonyl (C=O) groups excluding carboxylic acids is 1. The number of amides is 2. The zero-order valence-electron chi connectivity index (χ0n) is 12.0. The number of rotatable bonds is 4. The first-order valence-electron chi connectivity index (χ1n) is 6.70. The fourth-order valence-electron chi connectivity index (χ4n) is 2.36. The molecule has 1 unspecified atom stereocenters. The van der Waals surface area contributed by atoms with Crippen molar-refractivity contribution in [3.05, 3.63) is 0 Å². The van der Waals surface area contributed by atoms with Gasteiger partial charge in [-0.05, 0) is 19.8 Å². The van der Waals surface area contributed by atoms with E-state index in [2.05, 4.69) is 5.32 Å². The molecule has 1 aliphatic rings. The van der Waals surface area contributed by atoms with E-state index in [1.807, 2.05) is 0 Å². The number of carbonyl (C=O) groups is 2. The average molecular weight is 306 g/mol. The van der Waals surface area contributed by atoms with Crippen molar-refractivity contribution in [2.75, 3.05) is 18.1 Å². The summed E-state index contributed by atoms with van der Waals surface area (Å²) < 4.78 is 23.0. The van der Waals surface area contributed by atoms with Gasteiger partial charge in [-0.25, -0.2) is 18.0 Å². The van der Waals surface area contributed by atoms with Gasteiger partial charge in [0.1, 0.15) is 5.54 Å². The van der Waals surface area contributed by atoms with Gasteiger partial charge in [0, 0.05) is 12.6 Å². The van der Waals surface area contributed by atoms with Gasteiger partial charge in [0.05, 0.1) is 11.5 Å². The lowest BCUT2D eigenvalue weighted by molar-refractivity contribution is -0.144. The summed E-state index contributed by atoms with van der Waals surface area (Å²) in [6.07, 6.45) is 0.538. The molecule has 1 aliphatic heterocycles. The van der Waals surface area contributed by atoms with Crippen LogP contribution in [0.1, 0.15) is 33.6 Å².